The lowest BCUT2D eigenvalue weighted by Gasteiger charge is -2.39. The van der Waals surface area contributed by atoms with Crippen LogP contribution in [-0.4, -0.2) is 24.9 Å². The summed E-state index contributed by atoms with van der Waals surface area (Å²) in [6.07, 6.45) is 1.07. The fourth-order valence-electron chi connectivity index (χ4n) is 4.00. The zero-order valence-corrected chi connectivity index (χ0v) is 12.7. The van der Waals surface area contributed by atoms with Gasteiger partial charge in [-0.05, 0) is 28.3 Å². The minimum absolute atomic E-state index is 0.0193. The van der Waals surface area contributed by atoms with Crippen molar-refractivity contribution >= 4 is 5.91 Å². The second-order valence-electron chi connectivity index (χ2n) is 6.01. The van der Waals surface area contributed by atoms with Gasteiger partial charge in [0.25, 0.3) is 5.91 Å². The maximum atomic E-state index is 12.4. The van der Waals surface area contributed by atoms with Gasteiger partial charge in [-0.3, -0.25) is 9.63 Å². The molecular weight excluding hydrogens is 294 g/mol. The average Bonchev–Trinajstić information content (AvgIpc) is 3.02. The molecule has 23 heavy (non-hydrogen) atoms. The zero-order valence-electron chi connectivity index (χ0n) is 12.7. The highest BCUT2D eigenvalue weighted by Crippen LogP contribution is 2.53. The molecule has 0 aromatic heterocycles. The Labute approximate surface area is 133 Å². The summed E-state index contributed by atoms with van der Waals surface area (Å²) in [6.45, 7) is 0.222. The van der Waals surface area contributed by atoms with Crippen molar-refractivity contribution in [2.75, 3.05) is 13.9 Å². The third kappa shape index (κ3) is 1.63. The number of carbonyl (C=O) groups is 1. The number of amides is 1. The topological polar surface area (TPSA) is 48.0 Å². The Balaban J connectivity index is 1.86. The third-order valence-electron chi connectivity index (χ3n) is 4.89. The van der Waals surface area contributed by atoms with Gasteiger partial charge in [-0.25, -0.2) is 5.06 Å². The molecule has 2 aromatic rings. The summed E-state index contributed by atoms with van der Waals surface area (Å²) in [7, 11) is 1.55. The minimum atomic E-state index is -0.115. The molecular formula is C18H15NO4. The van der Waals surface area contributed by atoms with Crippen LogP contribution in [0.2, 0.25) is 0 Å². The number of hydroxylamine groups is 2. The minimum Gasteiger partial charge on any atom is -0.454 e. The monoisotopic (exact) mass is 309 g/mol. The van der Waals surface area contributed by atoms with Gasteiger partial charge in [0.05, 0.1) is 19.6 Å². The lowest BCUT2D eigenvalue weighted by molar-refractivity contribution is -0.191. The molecule has 5 heteroatoms. The van der Waals surface area contributed by atoms with Gasteiger partial charge >= 0.3 is 0 Å². The first-order valence-electron chi connectivity index (χ1n) is 7.67. The van der Waals surface area contributed by atoms with E-state index in [1.165, 1.54) is 10.6 Å². The Morgan fingerprint density at radius 2 is 2.09 bits per heavy atom. The van der Waals surface area contributed by atoms with Gasteiger partial charge in [-0.2, -0.15) is 0 Å². The molecule has 1 atom stereocenters. The van der Waals surface area contributed by atoms with Crippen LogP contribution >= 0.6 is 0 Å². The molecule has 2 aliphatic heterocycles. The molecule has 0 unspecified atom stereocenters. The van der Waals surface area contributed by atoms with E-state index in [1.807, 2.05) is 18.2 Å². The Kier molecular flexibility index (Phi) is 2.53. The highest BCUT2D eigenvalue weighted by molar-refractivity contribution is 5.89. The highest BCUT2D eigenvalue weighted by atomic mass is 16.7. The number of carbonyl (C=O) groups excluding carboxylic acids is 1. The van der Waals surface area contributed by atoms with Crippen molar-refractivity contribution in [2.45, 2.75) is 18.9 Å². The van der Waals surface area contributed by atoms with E-state index in [0.29, 0.717) is 6.42 Å². The van der Waals surface area contributed by atoms with Crippen LogP contribution in [-0.2, 0) is 22.5 Å². The van der Waals surface area contributed by atoms with Gasteiger partial charge in [0.2, 0.25) is 6.79 Å². The lowest BCUT2D eigenvalue weighted by atomic mass is 9.77. The predicted octanol–water partition coefficient (Wildman–Crippen LogP) is 2.63. The first-order valence-corrected chi connectivity index (χ1v) is 7.67. The van der Waals surface area contributed by atoms with E-state index in [0.717, 1.165) is 40.2 Å². The predicted molar refractivity (Wildman–Crippen MR) is 82.0 cm³/mol. The number of ether oxygens (including phenoxy) is 2. The largest absolute Gasteiger partial charge is 0.454 e. The number of hydrogen-bond donors (Lipinski definition) is 0. The Morgan fingerprint density at radius 1 is 1.22 bits per heavy atom. The van der Waals surface area contributed by atoms with E-state index >= 15 is 0 Å². The van der Waals surface area contributed by atoms with Crippen LogP contribution in [0, 0.1) is 0 Å². The smallest absolute Gasteiger partial charge is 0.251 e. The maximum absolute atomic E-state index is 12.4. The first-order chi connectivity index (χ1) is 11.3. The lowest BCUT2D eigenvalue weighted by Crippen LogP contribution is -2.41. The summed E-state index contributed by atoms with van der Waals surface area (Å²) in [6, 6.07) is 10.1. The fourth-order valence-corrected chi connectivity index (χ4v) is 4.00. The Bertz CT molecular complexity index is 845. The summed E-state index contributed by atoms with van der Waals surface area (Å²) in [5, 5.41) is 1.50. The van der Waals surface area contributed by atoms with Crippen LogP contribution < -0.4 is 9.47 Å². The quantitative estimate of drug-likeness (QED) is 0.812. The Hall–Kier alpha value is -2.53. The summed E-state index contributed by atoms with van der Waals surface area (Å²) in [5.41, 5.74) is 5.55. The number of rotatable bonds is 1. The van der Waals surface area contributed by atoms with Gasteiger partial charge in [0.15, 0.2) is 11.5 Å². The van der Waals surface area contributed by atoms with Gasteiger partial charge in [-0.1, -0.05) is 24.3 Å². The molecule has 0 radical (unpaired) electrons. The van der Waals surface area contributed by atoms with Crippen molar-refractivity contribution in [3.05, 3.63) is 47.0 Å². The van der Waals surface area contributed by atoms with Gasteiger partial charge in [0.1, 0.15) is 0 Å². The zero-order chi connectivity index (χ0) is 15.6. The van der Waals surface area contributed by atoms with E-state index in [4.69, 9.17) is 14.3 Å². The van der Waals surface area contributed by atoms with Gasteiger partial charge in [-0.15, -0.1) is 0 Å². The van der Waals surface area contributed by atoms with Crippen molar-refractivity contribution in [1.82, 2.24) is 5.06 Å². The van der Waals surface area contributed by atoms with Crippen LogP contribution in [0.3, 0.4) is 0 Å². The molecule has 0 fully saturated rings. The van der Waals surface area contributed by atoms with Crippen molar-refractivity contribution in [2.24, 2.45) is 0 Å². The standard InChI is InChI=1S/C18H15NO4/c1-21-19-13-6-10-4-2-3-5-12(10)17-16(13)11(8-15(19)20)7-14-18(17)23-9-22-14/h2-5,7,13H,6,8-9H2,1H3/t13-/m1/s1. The molecule has 0 N–H and O–H groups in total. The van der Waals surface area contributed by atoms with E-state index in [2.05, 4.69) is 12.1 Å². The normalized spacial score (nSPS) is 20.3. The average molecular weight is 309 g/mol. The van der Waals surface area contributed by atoms with E-state index < -0.39 is 0 Å². The summed E-state index contributed by atoms with van der Waals surface area (Å²) >= 11 is 0. The second kappa shape index (κ2) is 4.49. The molecule has 0 saturated carbocycles. The number of hydrogen-bond acceptors (Lipinski definition) is 4. The van der Waals surface area contributed by atoms with E-state index in [1.54, 1.807) is 7.11 Å². The first kappa shape index (κ1) is 13.0. The van der Waals surface area contributed by atoms with Crippen LogP contribution in [0.5, 0.6) is 11.5 Å². The fraction of sp³-hybridized carbons (Fsp3) is 0.278. The summed E-state index contributed by atoms with van der Waals surface area (Å²) in [5.74, 6) is 1.49. The molecule has 2 heterocycles. The summed E-state index contributed by atoms with van der Waals surface area (Å²) in [4.78, 5) is 17.8. The number of nitrogens with zero attached hydrogens (tertiary/aromatic N) is 1. The number of benzene rings is 2. The van der Waals surface area contributed by atoms with Crippen LogP contribution in [0.15, 0.2) is 30.3 Å². The third-order valence-corrected chi connectivity index (χ3v) is 4.89. The van der Waals surface area contributed by atoms with Crippen molar-refractivity contribution in [1.29, 1.82) is 0 Å². The summed E-state index contributed by atoms with van der Waals surface area (Å²) < 4.78 is 11.3. The SMILES string of the molecule is CON1C(=O)Cc2cc3c(c4c2[C@H]1Cc1ccccc1-4)OCO3. The van der Waals surface area contributed by atoms with E-state index in [-0.39, 0.29) is 18.7 Å². The van der Waals surface area contributed by atoms with E-state index in [9.17, 15) is 4.79 Å². The molecule has 1 amide bonds. The molecule has 1 aliphatic carbocycles. The molecule has 0 bridgehead atoms. The molecule has 3 aliphatic rings. The highest BCUT2D eigenvalue weighted by Gasteiger charge is 2.41. The van der Waals surface area contributed by atoms with Crippen LogP contribution in [0.4, 0.5) is 0 Å². The van der Waals surface area contributed by atoms with Crippen molar-refractivity contribution in [3.8, 4) is 22.6 Å². The molecule has 2 aromatic carbocycles. The van der Waals surface area contributed by atoms with Crippen molar-refractivity contribution in [3.63, 3.8) is 0 Å². The van der Waals surface area contributed by atoms with Gasteiger partial charge in [0, 0.05) is 12.0 Å². The molecule has 116 valence electrons. The van der Waals surface area contributed by atoms with Crippen molar-refractivity contribution < 1.29 is 19.1 Å². The van der Waals surface area contributed by atoms with Gasteiger partial charge < -0.3 is 9.47 Å². The molecule has 0 spiro atoms. The molecule has 5 nitrogen and oxygen atoms in total. The molecule has 5 rings (SSSR count). The Morgan fingerprint density at radius 3 is 2.96 bits per heavy atom. The molecule has 0 saturated heterocycles. The van der Waals surface area contributed by atoms with Crippen LogP contribution in [0.25, 0.3) is 11.1 Å². The number of fused-ring (bicyclic) bond motifs is 4. The van der Waals surface area contributed by atoms with Crippen LogP contribution in [0.1, 0.15) is 22.7 Å². The maximum Gasteiger partial charge on any atom is 0.251 e. The second-order valence-corrected chi connectivity index (χ2v) is 6.01.